The summed E-state index contributed by atoms with van der Waals surface area (Å²) in [7, 11) is 3.10. The number of carbonyl (C=O) groups is 1. The summed E-state index contributed by atoms with van der Waals surface area (Å²) >= 11 is 3.50. The molecule has 0 saturated heterocycles. The first kappa shape index (κ1) is 22.9. The van der Waals surface area contributed by atoms with Gasteiger partial charge in [-0.2, -0.15) is 5.26 Å². The van der Waals surface area contributed by atoms with E-state index in [0.717, 1.165) is 10.0 Å². The monoisotopic (exact) mass is 492 g/mol. The number of anilines is 1. The number of halogens is 1. The van der Waals surface area contributed by atoms with E-state index in [1.54, 1.807) is 49.6 Å². The molecule has 0 aliphatic carbocycles. The number of nitrogens with one attached hydrogen (secondary N) is 1. The van der Waals surface area contributed by atoms with Crippen LogP contribution >= 0.6 is 15.9 Å². The first-order valence-electron chi connectivity index (χ1n) is 9.65. The Labute approximate surface area is 195 Å². The molecule has 0 fully saturated rings. The minimum atomic E-state index is -0.508. The molecule has 3 rings (SSSR count). The van der Waals surface area contributed by atoms with E-state index in [0.29, 0.717) is 35.1 Å². The fraction of sp³-hybridized carbons (Fsp3) is 0.120. The molecule has 1 N–H and O–H groups in total. The normalized spacial score (nSPS) is 10.8. The molecule has 3 aromatic rings. The molecule has 0 aliphatic rings. The average molecular weight is 493 g/mol. The van der Waals surface area contributed by atoms with E-state index in [2.05, 4.69) is 21.2 Å². The number of benzene rings is 3. The fourth-order valence-corrected chi connectivity index (χ4v) is 3.25. The first-order valence-corrected chi connectivity index (χ1v) is 10.4. The highest BCUT2D eigenvalue weighted by Gasteiger charge is 2.12. The average Bonchev–Trinajstić information content (AvgIpc) is 2.82. The Hall–Kier alpha value is -3.76. The van der Waals surface area contributed by atoms with E-state index in [-0.39, 0.29) is 5.57 Å². The largest absolute Gasteiger partial charge is 0.497 e. The number of hydrogen-bond donors (Lipinski definition) is 1. The molecule has 3 aromatic carbocycles. The Morgan fingerprint density at radius 1 is 1.03 bits per heavy atom. The summed E-state index contributed by atoms with van der Waals surface area (Å²) in [6, 6.07) is 21.8. The molecule has 0 radical (unpaired) electrons. The van der Waals surface area contributed by atoms with Gasteiger partial charge in [-0.25, -0.2) is 0 Å². The Balaban J connectivity index is 1.74. The smallest absolute Gasteiger partial charge is 0.266 e. The molecule has 6 nitrogen and oxygen atoms in total. The van der Waals surface area contributed by atoms with E-state index in [1.807, 2.05) is 30.3 Å². The maximum absolute atomic E-state index is 12.5. The molecular formula is C25H21BrN2O4. The van der Waals surface area contributed by atoms with Crippen LogP contribution in [0.2, 0.25) is 0 Å². The second kappa shape index (κ2) is 11.0. The molecular weight excluding hydrogens is 472 g/mol. The van der Waals surface area contributed by atoms with Crippen molar-refractivity contribution in [3.05, 3.63) is 87.9 Å². The minimum Gasteiger partial charge on any atom is -0.497 e. The predicted octanol–water partition coefficient (Wildman–Crippen LogP) is 5.59. The molecule has 7 heteroatoms. The number of amides is 1. The van der Waals surface area contributed by atoms with Gasteiger partial charge in [0.05, 0.1) is 14.2 Å². The molecule has 0 atom stereocenters. The van der Waals surface area contributed by atoms with Crippen molar-refractivity contribution in [3.63, 3.8) is 0 Å². The number of rotatable bonds is 8. The summed E-state index contributed by atoms with van der Waals surface area (Å²) in [6.45, 7) is 0.362. The molecule has 0 aliphatic heterocycles. The number of carbonyl (C=O) groups excluding carboxylic acids is 1. The van der Waals surface area contributed by atoms with Gasteiger partial charge >= 0.3 is 0 Å². The molecule has 0 heterocycles. The summed E-state index contributed by atoms with van der Waals surface area (Å²) in [5, 5.41) is 12.2. The van der Waals surface area contributed by atoms with Gasteiger partial charge in [0.25, 0.3) is 5.91 Å². The van der Waals surface area contributed by atoms with Crippen LogP contribution in [0.3, 0.4) is 0 Å². The Morgan fingerprint density at radius 2 is 1.78 bits per heavy atom. The highest BCUT2D eigenvalue weighted by Crippen LogP contribution is 2.30. The van der Waals surface area contributed by atoms with Crippen LogP contribution in [0.5, 0.6) is 17.2 Å². The fourth-order valence-electron chi connectivity index (χ4n) is 2.85. The topological polar surface area (TPSA) is 80.6 Å². The lowest BCUT2D eigenvalue weighted by molar-refractivity contribution is -0.112. The van der Waals surface area contributed by atoms with Gasteiger partial charge in [0.2, 0.25) is 0 Å². The van der Waals surface area contributed by atoms with Crippen molar-refractivity contribution < 1.29 is 19.0 Å². The molecule has 32 heavy (non-hydrogen) atoms. The number of methoxy groups -OCH3 is 2. The first-order chi connectivity index (χ1) is 15.5. The SMILES string of the molecule is COc1ccc(NC(=O)/C(C#N)=C/c2ccc(OCc3ccccc3Br)c(OC)c2)cc1. The lowest BCUT2D eigenvalue weighted by Crippen LogP contribution is -2.13. The summed E-state index contributed by atoms with van der Waals surface area (Å²) < 4.78 is 17.4. The van der Waals surface area contributed by atoms with Crippen LogP contribution < -0.4 is 19.5 Å². The molecule has 0 spiro atoms. The van der Waals surface area contributed by atoms with Crippen LogP contribution in [0.25, 0.3) is 6.08 Å². The van der Waals surface area contributed by atoms with Gasteiger partial charge in [-0.3, -0.25) is 4.79 Å². The Morgan fingerprint density at radius 3 is 2.44 bits per heavy atom. The molecule has 0 unspecified atom stereocenters. The van der Waals surface area contributed by atoms with Gasteiger partial charge in [0, 0.05) is 15.7 Å². The highest BCUT2D eigenvalue weighted by atomic mass is 79.9. The maximum atomic E-state index is 12.5. The number of nitrogens with zero attached hydrogens (tertiary/aromatic N) is 1. The van der Waals surface area contributed by atoms with Crippen LogP contribution in [0.1, 0.15) is 11.1 Å². The van der Waals surface area contributed by atoms with Gasteiger partial charge in [0.15, 0.2) is 11.5 Å². The van der Waals surface area contributed by atoms with E-state index >= 15 is 0 Å². The quantitative estimate of drug-likeness (QED) is 0.327. The maximum Gasteiger partial charge on any atom is 0.266 e. The number of ether oxygens (including phenoxy) is 3. The second-order valence-electron chi connectivity index (χ2n) is 6.64. The van der Waals surface area contributed by atoms with Crippen molar-refractivity contribution in [1.82, 2.24) is 0 Å². The molecule has 1 amide bonds. The van der Waals surface area contributed by atoms with E-state index in [4.69, 9.17) is 14.2 Å². The Kier molecular flexibility index (Phi) is 7.90. The predicted molar refractivity (Wildman–Crippen MR) is 127 cm³/mol. The summed E-state index contributed by atoms with van der Waals surface area (Å²) in [5.74, 6) is 1.22. The zero-order chi connectivity index (χ0) is 22.9. The second-order valence-corrected chi connectivity index (χ2v) is 7.50. The third-order valence-corrected chi connectivity index (χ3v) is 5.33. The minimum absolute atomic E-state index is 0.0373. The van der Waals surface area contributed by atoms with Gasteiger partial charge in [-0.1, -0.05) is 40.2 Å². The van der Waals surface area contributed by atoms with Crippen molar-refractivity contribution >= 4 is 33.6 Å². The van der Waals surface area contributed by atoms with Crippen molar-refractivity contribution in [2.24, 2.45) is 0 Å². The molecule has 0 saturated carbocycles. The van der Waals surface area contributed by atoms with Crippen LogP contribution in [0, 0.1) is 11.3 Å². The van der Waals surface area contributed by atoms with Crippen LogP contribution in [0.4, 0.5) is 5.69 Å². The molecule has 162 valence electrons. The zero-order valence-electron chi connectivity index (χ0n) is 17.6. The van der Waals surface area contributed by atoms with E-state index in [1.165, 1.54) is 13.2 Å². The van der Waals surface area contributed by atoms with Crippen molar-refractivity contribution in [2.45, 2.75) is 6.61 Å². The van der Waals surface area contributed by atoms with Crippen molar-refractivity contribution in [2.75, 3.05) is 19.5 Å². The van der Waals surface area contributed by atoms with Crippen LogP contribution in [0.15, 0.2) is 76.8 Å². The standard InChI is InChI=1S/C25H21BrN2O4/c1-30-21-10-8-20(9-11-21)28-25(29)19(15-27)13-17-7-12-23(24(14-17)31-2)32-16-18-5-3-4-6-22(18)26/h3-14H,16H2,1-2H3,(H,28,29)/b19-13+. The third-order valence-electron chi connectivity index (χ3n) is 4.55. The molecule has 0 bridgehead atoms. The van der Waals surface area contributed by atoms with Crippen molar-refractivity contribution in [3.8, 4) is 23.3 Å². The highest BCUT2D eigenvalue weighted by molar-refractivity contribution is 9.10. The summed E-state index contributed by atoms with van der Waals surface area (Å²) in [6.07, 6.45) is 1.50. The third kappa shape index (κ3) is 5.90. The van der Waals surface area contributed by atoms with Crippen molar-refractivity contribution in [1.29, 1.82) is 5.26 Å². The van der Waals surface area contributed by atoms with Gasteiger partial charge < -0.3 is 19.5 Å². The van der Waals surface area contributed by atoms with Gasteiger partial charge in [-0.15, -0.1) is 0 Å². The van der Waals surface area contributed by atoms with E-state index < -0.39 is 5.91 Å². The van der Waals surface area contributed by atoms with Gasteiger partial charge in [-0.05, 0) is 54.1 Å². The molecule has 0 aromatic heterocycles. The number of nitriles is 1. The lowest BCUT2D eigenvalue weighted by Gasteiger charge is -2.12. The van der Waals surface area contributed by atoms with Gasteiger partial charge in [0.1, 0.15) is 24.0 Å². The van der Waals surface area contributed by atoms with Crippen LogP contribution in [-0.4, -0.2) is 20.1 Å². The van der Waals surface area contributed by atoms with E-state index in [9.17, 15) is 10.1 Å². The summed E-state index contributed by atoms with van der Waals surface area (Å²) in [4.78, 5) is 12.5. The summed E-state index contributed by atoms with van der Waals surface area (Å²) in [5.41, 5.74) is 2.16. The lowest BCUT2D eigenvalue weighted by atomic mass is 10.1. The number of hydrogen-bond acceptors (Lipinski definition) is 5. The Bertz CT molecular complexity index is 1170. The van der Waals surface area contributed by atoms with Crippen LogP contribution in [-0.2, 0) is 11.4 Å². The zero-order valence-corrected chi connectivity index (χ0v) is 19.2.